The number of aliphatic imine (C=N–C) groups is 1. The van der Waals surface area contributed by atoms with Crippen LogP contribution in [0.15, 0.2) is 17.3 Å². The molecule has 0 unspecified atom stereocenters. The molecule has 0 spiro atoms. The van der Waals surface area contributed by atoms with Crippen molar-refractivity contribution in [3.8, 4) is 0 Å². The van der Waals surface area contributed by atoms with E-state index in [4.69, 9.17) is 10.7 Å². The molecule has 1 atom stereocenters. The average molecular weight is 221 g/mol. The minimum Gasteiger partial charge on any atom is -0.370 e. The average Bonchev–Trinajstić information content (AvgIpc) is 2.27. The van der Waals surface area contributed by atoms with Crippen molar-refractivity contribution < 1.29 is 0 Å². The predicted molar refractivity (Wildman–Crippen MR) is 68.1 cm³/mol. The van der Waals surface area contributed by atoms with Crippen molar-refractivity contribution in [2.24, 2.45) is 16.6 Å². The van der Waals surface area contributed by atoms with Gasteiger partial charge in [-0.25, -0.2) is 4.99 Å². The number of hydrogen-bond donors (Lipinski definition) is 1. The van der Waals surface area contributed by atoms with E-state index >= 15 is 0 Å². The monoisotopic (exact) mass is 221 g/mol. The zero-order valence-corrected chi connectivity index (χ0v) is 10.5. The minimum absolute atomic E-state index is 0.00586. The van der Waals surface area contributed by atoms with Crippen LogP contribution in [0.3, 0.4) is 0 Å². The molecular formula is C13H23N3. The van der Waals surface area contributed by atoms with Crippen LogP contribution in [0.2, 0.25) is 0 Å². The normalized spacial score (nSPS) is 32.8. The van der Waals surface area contributed by atoms with E-state index in [1.165, 1.54) is 32.1 Å². The molecule has 2 N–H and O–H groups in total. The van der Waals surface area contributed by atoms with Gasteiger partial charge in [0, 0.05) is 19.2 Å². The van der Waals surface area contributed by atoms with Crippen LogP contribution in [0.25, 0.3) is 0 Å². The molecule has 16 heavy (non-hydrogen) atoms. The first-order chi connectivity index (χ1) is 7.53. The predicted octanol–water partition coefficient (Wildman–Crippen LogP) is 2.49. The highest BCUT2D eigenvalue weighted by atomic mass is 15.3. The van der Waals surface area contributed by atoms with E-state index in [1.54, 1.807) is 0 Å². The molecule has 1 aliphatic heterocycles. The fourth-order valence-electron chi connectivity index (χ4n) is 3.03. The Hall–Kier alpha value is -0.990. The summed E-state index contributed by atoms with van der Waals surface area (Å²) in [6.07, 6.45) is 7.62. The zero-order chi connectivity index (χ0) is 11.8. The third kappa shape index (κ3) is 1.95. The van der Waals surface area contributed by atoms with Crippen molar-refractivity contribution in [3.63, 3.8) is 0 Å². The van der Waals surface area contributed by atoms with Crippen molar-refractivity contribution >= 4 is 5.96 Å². The van der Waals surface area contributed by atoms with Gasteiger partial charge in [-0.15, -0.1) is 0 Å². The molecule has 0 aromatic heterocycles. The Morgan fingerprint density at radius 1 is 1.38 bits per heavy atom. The van der Waals surface area contributed by atoms with Crippen LogP contribution in [0.1, 0.15) is 45.4 Å². The van der Waals surface area contributed by atoms with Gasteiger partial charge in [-0.05, 0) is 25.7 Å². The van der Waals surface area contributed by atoms with Gasteiger partial charge in [-0.3, -0.25) is 0 Å². The van der Waals surface area contributed by atoms with E-state index in [1.807, 2.05) is 11.9 Å². The topological polar surface area (TPSA) is 41.6 Å². The maximum absolute atomic E-state index is 5.97. The lowest BCUT2D eigenvalue weighted by atomic mass is 9.73. The van der Waals surface area contributed by atoms with Crippen molar-refractivity contribution in [2.45, 2.75) is 51.0 Å². The maximum Gasteiger partial charge on any atom is 0.195 e. The summed E-state index contributed by atoms with van der Waals surface area (Å²) in [5, 5.41) is 0. The second-order valence-corrected chi connectivity index (χ2v) is 5.46. The van der Waals surface area contributed by atoms with Gasteiger partial charge in [0.25, 0.3) is 0 Å². The van der Waals surface area contributed by atoms with Crippen LogP contribution in [0.5, 0.6) is 0 Å². The Bertz CT molecular complexity index is 315. The number of guanidine groups is 1. The first kappa shape index (κ1) is 11.5. The van der Waals surface area contributed by atoms with Gasteiger partial charge >= 0.3 is 0 Å². The molecule has 0 bridgehead atoms. The molecule has 1 heterocycles. The van der Waals surface area contributed by atoms with Gasteiger partial charge in [0.2, 0.25) is 0 Å². The standard InChI is InChI=1S/C13H23N3/c1-10-9-13(2,15-12(14)16(10)3)11-7-5-4-6-8-11/h11H,1,4-9H2,2-3H3,(H2,14,15)/t13-/m0/s1. The van der Waals surface area contributed by atoms with Gasteiger partial charge in [0.1, 0.15) is 0 Å². The largest absolute Gasteiger partial charge is 0.370 e. The van der Waals surface area contributed by atoms with Gasteiger partial charge in [0.05, 0.1) is 5.54 Å². The van der Waals surface area contributed by atoms with E-state index in [9.17, 15) is 0 Å². The zero-order valence-electron chi connectivity index (χ0n) is 10.5. The highest BCUT2D eigenvalue weighted by molar-refractivity contribution is 5.81. The lowest BCUT2D eigenvalue weighted by Crippen LogP contribution is -2.47. The highest BCUT2D eigenvalue weighted by Gasteiger charge is 2.38. The Morgan fingerprint density at radius 3 is 2.56 bits per heavy atom. The van der Waals surface area contributed by atoms with Crippen LogP contribution in [0, 0.1) is 5.92 Å². The SMILES string of the molecule is C=C1C[C@@](C)(C2CCCCC2)N=C(N)N1C. The molecule has 3 nitrogen and oxygen atoms in total. The summed E-state index contributed by atoms with van der Waals surface area (Å²) in [4.78, 5) is 6.64. The Kier molecular flexibility index (Phi) is 2.96. The van der Waals surface area contributed by atoms with Crippen LogP contribution >= 0.6 is 0 Å². The molecule has 1 fully saturated rings. The molecule has 0 aromatic carbocycles. The summed E-state index contributed by atoms with van der Waals surface area (Å²) >= 11 is 0. The van der Waals surface area contributed by atoms with E-state index in [2.05, 4.69) is 13.5 Å². The Labute approximate surface area is 98.4 Å². The molecule has 2 aliphatic rings. The second kappa shape index (κ2) is 4.11. The third-order valence-electron chi connectivity index (χ3n) is 4.23. The van der Waals surface area contributed by atoms with E-state index in [0.717, 1.165) is 12.1 Å². The van der Waals surface area contributed by atoms with E-state index in [0.29, 0.717) is 11.9 Å². The van der Waals surface area contributed by atoms with Crippen LogP contribution in [-0.2, 0) is 0 Å². The summed E-state index contributed by atoms with van der Waals surface area (Å²) < 4.78 is 0. The molecule has 1 saturated carbocycles. The van der Waals surface area contributed by atoms with E-state index < -0.39 is 0 Å². The molecule has 0 aromatic rings. The van der Waals surface area contributed by atoms with Crippen molar-refractivity contribution in [1.29, 1.82) is 0 Å². The number of nitrogens with zero attached hydrogens (tertiary/aromatic N) is 2. The van der Waals surface area contributed by atoms with Gasteiger partial charge in [0.15, 0.2) is 5.96 Å². The lowest BCUT2D eigenvalue weighted by Gasteiger charge is -2.42. The lowest BCUT2D eigenvalue weighted by molar-refractivity contribution is 0.206. The molecule has 0 saturated heterocycles. The summed E-state index contributed by atoms with van der Waals surface area (Å²) in [5.74, 6) is 1.31. The third-order valence-corrected chi connectivity index (χ3v) is 4.23. The molecule has 2 rings (SSSR count). The van der Waals surface area contributed by atoms with Crippen molar-refractivity contribution in [2.75, 3.05) is 7.05 Å². The highest BCUT2D eigenvalue weighted by Crippen LogP contribution is 2.40. The molecule has 3 heteroatoms. The number of nitrogens with two attached hydrogens (primary N) is 1. The van der Waals surface area contributed by atoms with Gasteiger partial charge in [-0.2, -0.15) is 0 Å². The summed E-state index contributed by atoms with van der Waals surface area (Å²) in [5.41, 5.74) is 7.06. The van der Waals surface area contributed by atoms with Crippen molar-refractivity contribution in [3.05, 3.63) is 12.3 Å². The molecule has 0 amide bonds. The van der Waals surface area contributed by atoms with Crippen LogP contribution in [0.4, 0.5) is 0 Å². The first-order valence-corrected chi connectivity index (χ1v) is 6.30. The van der Waals surface area contributed by atoms with Gasteiger partial charge in [-0.1, -0.05) is 25.8 Å². The van der Waals surface area contributed by atoms with E-state index in [-0.39, 0.29) is 5.54 Å². The number of hydrogen-bond acceptors (Lipinski definition) is 3. The molecule has 0 radical (unpaired) electrons. The first-order valence-electron chi connectivity index (χ1n) is 6.30. The summed E-state index contributed by atoms with van der Waals surface area (Å²) in [7, 11) is 1.95. The second-order valence-electron chi connectivity index (χ2n) is 5.46. The maximum atomic E-state index is 5.97. The summed E-state index contributed by atoms with van der Waals surface area (Å²) in [6.45, 7) is 6.35. The molecule has 90 valence electrons. The smallest absolute Gasteiger partial charge is 0.195 e. The Balaban J connectivity index is 2.20. The quantitative estimate of drug-likeness (QED) is 0.739. The molecular weight excluding hydrogens is 198 g/mol. The minimum atomic E-state index is -0.00586. The van der Waals surface area contributed by atoms with Gasteiger partial charge < -0.3 is 10.6 Å². The summed E-state index contributed by atoms with van der Waals surface area (Å²) in [6, 6.07) is 0. The number of rotatable bonds is 1. The van der Waals surface area contributed by atoms with Crippen molar-refractivity contribution in [1.82, 2.24) is 4.90 Å². The fourth-order valence-corrected chi connectivity index (χ4v) is 3.03. The van der Waals surface area contributed by atoms with Crippen LogP contribution in [-0.4, -0.2) is 23.4 Å². The fraction of sp³-hybridized carbons (Fsp3) is 0.769. The van der Waals surface area contributed by atoms with Crippen LogP contribution < -0.4 is 5.73 Å². The molecule has 1 aliphatic carbocycles. The Morgan fingerprint density at radius 2 is 2.00 bits per heavy atom.